The van der Waals surface area contributed by atoms with Gasteiger partial charge in [-0.15, -0.1) is 0 Å². The van der Waals surface area contributed by atoms with Crippen LogP contribution in [0.25, 0.3) is 11.4 Å². The summed E-state index contributed by atoms with van der Waals surface area (Å²) in [6, 6.07) is 3.54. The van der Waals surface area contributed by atoms with Crippen LogP contribution >= 0.6 is 23.2 Å². The van der Waals surface area contributed by atoms with Crippen LogP contribution in [0.2, 0.25) is 10.2 Å². The number of hydrogen-bond acceptors (Lipinski definition) is 4. The highest BCUT2D eigenvalue weighted by Gasteiger charge is 2.17. The standard InChI is InChI=1S/C14H14Cl2N2O2/c1-7-8(2)17-14(18-13(7)16)9-5-6-10(19-3)12(20-4)11(9)15/h5-6H,1-4H3. The largest absolute Gasteiger partial charge is 0.493 e. The van der Waals surface area contributed by atoms with Crippen molar-refractivity contribution >= 4 is 23.2 Å². The van der Waals surface area contributed by atoms with E-state index in [0.717, 1.165) is 11.3 Å². The summed E-state index contributed by atoms with van der Waals surface area (Å²) in [4.78, 5) is 8.69. The molecular weight excluding hydrogens is 299 g/mol. The van der Waals surface area contributed by atoms with Crippen molar-refractivity contribution in [1.29, 1.82) is 0 Å². The summed E-state index contributed by atoms with van der Waals surface area (Å²) in [5.74, 6) is 1.46. The summed E-state index contributed by atoms with van der Waals surface area (Å²) in [5, 5.41) is 0.810. The van der Waals surface area contributed by atoms with Crippen LogP contribution in [-0.2, 0) is 0 Å². The van der Waals surface area contributed by atoms with Crippen LogP contribution in [0.5, 0.6) is 11.5 Å². The Morgan fingerprint density at radius 3 is 2.25 bits per heavy atom. The number of halogens is 2. The second-order valence-corrected chi connectivity index (χ2v) is 4.95. The average molecular weight is 313 g/mol. The van der Waals surface area contributed by atoms with Crippen molar-refractivity contribution in [3.63, 3.8) is 0 Å². The van der Waals surface area contributed by atoms with E-state index < -0.39 is 0 Å². The lowest BCUT2D eigenvalue weighted by atomic mass is 10.1. The first-order valence-electron chi connectivity index (χ1n) is 5.91. The van der Waals surface area contributed by atoms with Gasteiger partial charge in [-0.1, -0.05) is 23.2 Å². The minimum atomic E-state index is 0.395. The lowest BCUT2D eigenvalue weighted by Crippen LogP contribution is -1.99. The molecule has 0 saturated carbocycles. The maximum absolute atomic E-state index is 6.34. The van der Waals surface area contributed by atoms with Crippen molar-refractivity contribution in [2.75, 3.05) is 14.2 Å². The van der Waals surface area contributed by atoms with Crippen molar-refractivity contribution in [3.8, 4) is 22.9 Å². The molecule has 2 rings (SSSR count). The Morgan fingerprint density at radius 1 is 1.00 bits per heavy atom. The van der Waals surface area contributed by atoms with E-state index in [1.807, 2.05) is 13.8 Å². The van der Waals surface area contributed by atoms with Gasteiger partial charge in [0.15, 0.2) is 17.3 Å². The molecule has 0 bridgehead atoms. The zero-order chi connectivity index (χ0) is 14.9. The highest BCUT2D eigenvalue weighted by Crippen LogP contribution is 2.41. The average Bonchev–Trinajstić information content (AvgIpc) is 2.43. The number of aromatic nitrogens is 2. The third-order valence-electron chi connectivity index (χ3n) is 3.06. The van der Waals surface area contributed by atoms with Crippen LogP contribution in [0.3, 0.4) is 0 Å². The van der Waals surface area contributed by atoms with Crippen molar-refractivity contribution in [1.82, 2.24) is 9.97 Å². The first-order valence-corrected chi connectivity index (χ1v) is 6.66. The van der Waals surface area contributed by atoms with E-state index in [4.69, 9.17) is 32.7 Å². The van der Waals surface area contributed by atoms with Crippen LogP contribution in [0.1, 0.15) is 11.3 Å². The molecule has 20 heavy (non-hydrogen) atoms. The number of rotatable bonds is 3. The predicted octanol–water partition coefficient (Wildman–Crippen LogP) is 4.08. The highest BCUT2D eigenvalue weighted by atomic mass is 35.5. The quantitative estimate of drug-likeness (QED) is 0.801. The Kier molecular flexibility index (Phi) is 4.35. The van der Waals surface area contributed by atoms with Gasteiger partial charge in [-0.2, -0.15) is 0 Å². The van der Waals surface area contributed by atoms with E-state index >= 15 is 0 Å². The minimum Gasteiger partial charge on any atom is -0.493 e. The van der Waals surface area contributed by atoms with Crippen LogP contribution in [0.15, 0.2) is 12.1 Å². The molecule has 0 saturated heterocycles. The zero-order valence-corrected chi connectivity index (χ0v) is 13.1. The fourth-order valence-electron chi connectivity index (χ4n) is 1.78. The number of nitrogens with zero attached hydrogens (tertiary/aromatic N) is 2. The molecule has 0 radical (unpaired) electrons. The molecule has 0 aliphatic carbocycles. The third-order valence-corrected chi connectivity index (χ3v) is 3.80. The van der Waals surface area contributed by atoms with E-state index in [0.29, 0.717) is 33.1 Å². The predicted molar refractivity (Wildman–Crippen MR) is 80.1 cm³/mol. The highest BCUT2D eigenvalue weighted by molar-refractivity contribution is 6.35. The van der Waals surface area contributed by atoms with Gasteiger partial charge in [0.05, 0.1) is 19.2 Å². The minimum absolute atomic E-state index is 0.395. The van der Waals surface area contributed by atoms with E-state index in [1.165, 1.54) is 7.11 Å². The molecule has 0 aliphatic heterocycles. The molecular formula is C14H14Cl2N2O2. The fraction of sp³-hybridized carbons (Fsp3) is 0.286. The maximum Gasteiger partial charge on any atom is 0.180 e. The number of ether oxygens (including phenoxy) is 2. The molecule has 0 aliphatic rings. The fourth-order valence-corrected chi connectivity index (χ4v) is 2.31. The first kappa shape index (κ1) is 14.9. The molecule has 0 unspecified atom stereocenters. The molecule has 6 heteroatoms. The first-order chi connectivity index (χ1) is 9.49. The van der Waals surface area contributed by atoms with E-state index in [9.17, 15) is 0 Å². The van der Waals surface area contributed by atoms with Gasteiger partial charge in [0.25, 0.3) is 0 Å². The molecule has 106 valence electrons. The van der Waals surface area contributed by atoms with Gasteiger partial charge in [0, 0.05) is 16.8 Å². The Morgan fingerprint density at radius 2 is 1.70 bits per heavy atom. The van der Waals surface area contributed by atoms with Crippen molar-refractivity contribution < 1.29 is 9.47 Å². The van der Waals surface area contributed by atoms with E-state index in [-0.39, 0.29) is 0 Å². The molecule has 0 fully saturated rings. The van der Waals surface area contributed by atoms with Crippen LogP contribution in [0, 0.1) is 13.8 Å². The van der Waals surface area contributed by atoms with Gasteiger partial charge in [0.2, 0.25) is 0 Å². The van der Waals surface area contributed by atoms with Crippen LogP contribution in [-0.4, -0.2) is 24.2 Å². The van der Waals surface area contributed by atoms with E-state index in [1.54, 1.807) is 19.2 Å². The van der Waals surface area contributed by atoms with Gasteiger partial charge in [0.1, 0.15) is 5.15 Å². The summed E-state index contributed by atoms with van der Waals surface area (Å²) in [6.45, 7) is 3.75. The lowest BCUT2D eigenvalue weighted by molar-refractivity contribution is 0.355. The molecule has 4 nitrogen and oxygen atoms in total. The Labute approximate surface area is 127 Å². The van der Waals surface area contributed by atoms with E-state index in [2.05, 4.69) is 9.97 Å². The van der Waals surface area contributed by atoms with Crippen molar-refractivity contribution in [2.45, 2.75) is 13.8 Å². The molecule has 1 aromatic heterocycles. The monoisotopic (exact) mass is 312 g/mol. The zero-order valence-electron chi connectivity index (χ0n) is 11.6. The molecule has 0 atom stereocenters. The topological polar surface area (TPSA) is 44.2 Å². The molecule has 0 spiro atoms. The van der Waals surface area contributed by atoms with Crippen LogP contribution < -0.4 is 9.47 Å². The molecule has 1 aromatic carbocycles. The molecule has 0 amide bonds. The smallest absolute Gasteiger partial charge is 0.180 e. The number of benzene rings is 1. The van der Waals surface area contributed by atoms with Crippen molar-refractivity contribution in [2.24, 2.45) is 0 Å². The Bertz CT molecular complexity index is 637. The molecule has 0 N–H and O–H groups in total. The van der Waals surface area contributed by atoms with Gasteiger partial charge < -0.3 is 9.47 Å². The SMILES string of the molecule is COc1ccc(-c2nc(C)c(C)c(Cl)n2)c(Cl)c1OC. The summed E-state index contributed by atoms with van der Waals surface area (Å²) >= 11 is 12.4. The van der Waals surface area contributed by atoms with Gasteiger partial charge >= 0.3 is 0 Å². The van der Waals surface area contributed by atoms with Gasteiger partial charge in [-0.05, 0) is 26.0 Å². The second-order valence-electron chi connectivity index (χ2n) is 4.21. The number of methoxy groups -OCH3 is 2. The summed E-state index contributed by atoms with van der Waals surface area (Å²) in [5.41, 5.74) is 2.31. The summed E-state index contributed by atoms with van der Waals surface area (Å²) < 4.78 is 10.5. The third kappa shape index (κ3) is 2.53. The maximum atomic E-state index is 6.34. The molecule has 2 aromatic rings. The van der Waals surface area contributed by atoms with Gasteiger partial charge in [-0.3, -0.25) is 0 Å². The summed E-state index contributed by atoms with van der Waals surface area (Å²) in [6.07, 6.45) is 0. The Hall–Kier alpha value is -1.52. The summed E-state index contributed by atoms with van der Waals surface area (Å²) in [7, 11) is 3.08. The number of hydrogen-bond donors (Lipinski definition) is 0. The van der Waals surface area contributed by atoms with Gasteiger partial charge in [-0.25, -0.2) is 9.97 Å². The second kappa shape index (κ2) is 5.85. The normalized spacial score (nSPS) is 10.5. The van der Waals surface area contributed by atoms with Crippen LogP contribution in [0.4, 0.5) is 0 Å². The van der Waals surface area contributed by atoms with Crippen molar-refractivity contribution in [3.05, 3.63) is 33.6 Å². The number of aryl methyl sites for hydroxylation is 1. The molecule has 1 heterocycles. The Balaban J connectivity index is 2.65. The lowest BCUT2D eigenvalue weighted by Gasteiger charge is -2.13.